The number of aliphatic hydroxyl groups excluding tert-OH is 1. The molecule has 5 atom stereocenters. The smallest absolute Gasteiger partial charge is 0.338 e. The minimum Gasteiger partial charge on any atom is -0.452 e. The number of thioether (sulfide) groups is 1. The van der Waals surface area contributed by atoms with Crippen LogP contribution in [0.1, 0.15) is 47.4 Å². The lowest BCUT2D eigenvalue weighted by atomic mass is 9.99. The third kappa shape index (κ3) is 6.82. The number of hydrogen-bond donors (Lipinski definition) is 1. The molecule has 0 saturated carbocycles. The Morgan fingerprint density at radius 1 is 0.882 bits per heavy atom. The van der Waals surface area contributed by atoms with Crippen LogP contribution in [-0.4, -0.2) is 65.9 Å². The monoisotopic (exact) mass is 488 g/mol. The average molecular weight is 489 g/mol. The molecule has 7 nitrogen and oxygen atoms in total. The summed E-state index contributed by atoms with van der Waals surface area (Å²) in [5, 5.41) is 10.1. The predicted molar refractivity (Wildman–Crippen MR) is 130 cm³/mol. The molecule has 0 amide bonds. The van der Waals surface area contributed by atoms with Gasteiger partial charge in [-0.2, -0.15) is 0 Å². The predicted octanol–water partition coefficient (Wildman–Crippen LogP) is 4.09. The minimum atomic E-state index is -0.966. The van der Waals surface area contributed by atoms with Crippen molar-refractivity contribution in [3.63, 3.8) is 0 Å². The van der Waals surface area contributed by atoms with E-state index in [0.717, 1.165) is 12.8 Å². The molecule has 0 radical (unpaired) electrons. The van der Waals surface area contributed by atoms with Crippen molar-refractivity contribution in [3.8, 4) is 0 Å². The summed E-state index contributed by atoms with van der Waals surface area (Å²) in [5.74, 6) is -0.441. The van der Waals surface area contributed by atoms with Crippen LogP contribution in [-0.2, 0) is 18.9 Å². The van der Waals surface area contributed by atoms with E-state index in [4.69, 9.17) is 18.9 Å². The quantitative estimate of drug-likeness (QED) is 0.374. The first-order chi connectivity index (χ1) is 16.6. The zero-order valence-electron chi connectivity index (χ0n) is 19.5. The average Bonchev–Trinajstić information content (AvgIpc) is 2.87. The number of esters is 2. The Balaban J connectivity index is 1.93. The highest BCUT2D eigenvalue weighted by atomic mass is 32.2. The Morgan fingerprint density at radius 2 is 1.44 bits per heavy atom. The van der Waals surface area contributed by atoms with Crippen LogP contribution < -0.4 is 0 Å². The summed E-state index contributed by atoms with van der Waals surface area (Å²) in [6.07, 6.45) is -1.73. The molecule has 1 aliphatic rings. The van der Waals surface area contributed by atoms with Crippen LogP contribution in [0.5, 0.6) is 0 Å². The highest BCUT2D eigenvalue weighted by molar-refractivity contribution is 7.99. The van der Waals surface area contributed by atoms with Gasteiger partial charge in [0.25, 0.3) is 0 Å². The topological polar surface area (TPSA) is 91.3 Å². The Hall–Kier alpha value is -2.39. The summed E-state index contributed by atoms with van der Waals surface area (Å²) in [6, 6.07) is 17.2. The third-order valence-electron chi connectivity index (χ3n) is 5.42. The molecule has 1 fully saturated rings. The van der Waals surface area contributed by atoms with Gasteiger partial charge >= 0.3 is 11.9 Å². The number of carbonyl (C=O) groups is 2. The molecule has 3 rings (SSSR count). The van der Waals surface area contributed by atoms with Gasteiger partial charge in [-0.25, -0.2) is 9.59 Å². The molecule has 1 N–H and O–H groups in total. The maximum atomic E-state index is 13.0. The van der Waals surface area contributed by atoms with Crippen molar-refractivity contribution in [2.24, 2.45) is 0 Å². The van der Waals surface area contributed by atoms with E-state index in [1.54, 1.807) is 48.5 Å². The van der Waals surface area contributed by atoms with E-state index in [2.05, 4.69) is 0 Å². The molecule has 1 aliphatic heterocycles. The lowest BCUT2D eigenvalue weighted by Crippen LogP contribution is -2.61. The zero-order valence-corrected chi connectivity index (χ0v) is 20.3. The molecule has 184 valence electrons. The lowest BCUT2D eigenvalue weighted by Gasteiger charge is -2.44. The summed E-state index contributed by atoms with van der Waals surface area (Å²) < 4.78 is 24.0. The Labute approximate surface area is 204 Å². The molecule has 34 heavy (non-hydrogen) atoms. The van der Waals surface area contributed by atoms with Crippen LogP contribution in [0.25, 0.3) is 0 Å². The highest BCUT2D eigenvalue weighted by Gasteiger charge is 2.51. The Morgan fingerprint density at radius 3 is 1.94 bits per heavy atom. The molecule has 0 spiro atoms. The Bertz CT molecular complexity index is 893. The van der Waals surface area contributed by atoms with Gasteiger partial charge in [-0.1, -0.05) is 56.7 Å². The fourth-order valence-corrected chi connectivity index (χ4v) is 4.63. The van der Waals surface area contributed by atoms with Crippen LogP contribution in [0.3, 0.4) is 0 Å². The number of aliphatic hydroxyl groups is 1. The first kappa shape index (κ1) is 26.2. The van der Waals surface area contributed by atoms with Crippen molar-refractivity contribution in [2.75, 3.05) is 19.0 Å². The maximum absolute atomic E-state index is 13.0. The van der Waals surface area contributed by atoms with Gasteiger partial charge in [-0.3, -0.25) is 0 Å². The molecule has 1 saturated heterocycles. The minimum absolute atomic E-state index is 0.323. The van der Waals surface area contributed by atoms with Gasteiger partial charge in [-0.05, 0) is 36.4 Å². The molecule has 2 aromatic rings. The van der Waals surface area contributed by atoms with Gasteiger partial charge < -0.3 is 24.1 Å². The zero-order chi connectivity index (χ0) is 24.3. The molecule has 2 aromatic carbocycles. The van der Waals surface area contributed by atoms with Crippen LogP contribution >= 0.6 is 11.8 Å². The Kier molecular flexibility index (Phi) is 10.4. The van der Waals surface area contributed by atoms with Crippen LogP contribution in [0, 0.1) is 0 Å². The van der Waals surface area contributed by atoms with E-state index < -0.39 is 41.8 Å². The van der Waals surface area contributed by atoms with Crippen LogP contribution in [0.2, 0.25) is 0 Å². The lowest BCUT2D eigenvalue weighted by molar-refractivity contribution is -0.221. The fraction of sp³-hybridized carbons (Fsp3) is 0.462. The van der Waals surface area contributed by atoms with Crippen LogP contribution in [0.15, 0.2) is 60.7 Å². The third-order valence-corrected chi connectivity index (χ3v) is 6.46. The number of hydrogen-bond acceptors (Lipinski definition) is 8. The highest BCUT2D eigenvalue weighted by Crippen LogP contribution is 2.34. The number of carbonyl (C=O) groups excluding carboxylic acids is 2. The van der Waals surface area contributed by atoms with Crippen molar-refractivity contribution in [1.29, 1.82) is 0 Å². The summed E-state index contributed by atoms with van der Waals surface area (Å²) in [7, 11) is 0. The summed E-state index contributed by atoms with van der Waals surface area (Å²) >= 11 is 1.42. The molecule has 2 unspecified atom stereocenters. The SMILES string of the molecule is CCCCO[C@H]1C(CO)O[C@@H](SCC)[C@@H](OC(=O)c2ccccc2)C1OC(=O)c1ccccc1. The number of benzene rings is 2. The van der Waals surface area contributed by atoms with Crippen molar-refractivity contribution in [3.05, 3.63) is 71.8 Å². The van der Waals surface area contributed by atoms with Crippen molar-refractivity contribution in [1.82, 2.24) is 0 Å². The molecule has 1 heterocycles. The van der Waals surface area contributed by atoms with E-state index in [-0.39, 0.29) is 6.61 Å². The molecule has 0 aliphatic carbocycles. The number of unbranched alkanes of at least 4 members (excludes halogenated alkanes) is 1. The van der Waals surface area contributed by atoms with Crippen molar-refractivity contribution < 1.29 is 33.6 Å². The second-order valence-corrected chi connectivity index (χ2v) is 9.22. The van der Waals surface area contributed by atoms with Gasteiger partial charge in [0, 0.05) is 6.61 Å². The standard InChI is InChI=1S/C26H32O7S/c1-3-5-16-30-21-20(17-27)31-26(34-4-2)23(33-25(29)19-14-10-7-11-15-19)22(21)32-24(28)18-12-8-6-9-13-18/h6-15,20-23,26-27H,3-5,16-17H2,1-2H3/t20?,21-,22?,23-,26-/m0/s1. The van der Waals surface area contributed by atoms with E-state index in [1.807, 2.05) is 26.0 Å². The fourth-order valence-electron chi connectivity index (χ4n) is 3.68. The van der Waals surface area contributed by atoms with Crippen molar-refractivity contribution >= 4 is 23.7 Å². The van der Waals surface area contributed by atoms with E-state index in [0.29, 0.717) is 23.5 Å². The van der Waals surface area contributed by atoms with Gasteiger partial charge in [-0.15, -0.1) is 11.8 Å². The van der Waals surface area contributed by atoms with Gasteiger partial charge in [0.05, 0.1) is 17.7 Å². The van der Waals surface area contributed by atoms with E-state index in [1.165, 1.54) is 11.8 Å². The largest absolute Gasteiger partial charge is 0.452 e. The van der Waals surface area contributed by atoms with E-state index in [9.17, 15) is 14.7 Å². The normalized spacial score (nSPS) is 24.4. The van der Waals surface area contributed by atoms with Crippen LogP contribution in [0.4, 0.5) is 0 Å². The first-order valence-electron chi connectivity index (χ1n) is 11.6. The summed E-state index contributed by atoms with van der Waals surface area (Å²) in [4.78, 5) is 26.0. The molecular formula is C26H32O7S. The molecule has 0 aromatic heterocycles. The summed E-state index contributed by atoms with van der Waals surface area (Å²) in [5.41, 5.74) is 0.104. The first-order valence-corrected chi connectivity index (χ1v) is 12.7. The van der Waals surface area contributed by atoms with E-state index >= 15 is 0 Å². The second-order valence-electron chi connectivity index (χ2n) is 7.84. The van der Waals surface area contributed by atoms with Gasteiger partial charge in [0.2, 0.25) is 0 Å². The van der Waals surface area contributed by atoms with Crippen molar-refractivity contribution in [2.45, 2.75) is 56.5 Å². The maximum Gasteiger partial charge on any atom is 0.338 e. The number of rotatable bonds is 11. The molecule has 8 heteroatoms. The second kappa shape index (κ2) is 13.5. The molecule has 0 bridgehead atoms. The van der Waals surface area contributed by atoms with Gasteiger partial charge in [0.15, 0.2) is 12.2 Å². The number of ether oxygens (including phenoxy) is 4. The molecular weight excluding hydrogens is 456 g/mol. The van der Waals surface area contributed by atoms with Gasteiger partial charge in [0.1, 0.15) is 17.6 Å². The summed E-state index contributed by atoms with van der Waals surface area (Å²) in [6.45, 7) is 4.06.